The van der Waals surface area contributed by atoms with Gasteiger partial charge in [0.15, 0.2) is 20.9 Å². The molecule has 260 valence electrons. The number of ether oxygens (including phenoxy) is 6. The van der Waals surface area contributed by atoms with Crippen LogP contribution < -0.4 is 0 Å². The zero-order valence-electron chi connectivity index (χ0n) is 28.9. The number of aliphatic hydroxyl groups excluding tert-OH is 2. The van der Waals surface area contributed by atoms with Crippen LogP contribution in [-0.4, -0.2) is 107 Å². The molecule has 2 N–H and O–H groups in total. The summed E-state index contributed by atoms with van der Waals surface area (Å²) in [4.78, 5) is 2.91. The minimum absolute atomic E-state index is 0.0211. The van der Waals surface area contributed by atoms with E-state index in [4.69, 9.17) is 32.8 Å². The summed E-state index contributed by atoms with van der Waals surface area (Å²) in [6, 6.07) is -1.03. The maximum atomic E-state index is 10.6. The van der Waals surface area contributed by atoms with Crippen LogP contribution in [0, 0.1) is 0 Å². The summed E-state index contributed by atoms with van der Waals surface area (Å²) in [6.07, 6.45) is 0.528. The second-order valence-corrected chi connectivity index (χ2v) is 17.9. The van der Waals surface area contributed by atoms with Crippen molar-refractivity contribution in [3.63, 3.8) is 0 Å². The molecule has 0 aromatic heterocycles. The van der Waals surface area contributed by atoms with Gasteiger partial charge in [-0.2, -0.15) is 0 Å². The lowest BCUT2D eigenvalue weighted by Gasteiger charge is -2.40. The van der Waals surface area contributed by atoms with Gasteiger partial charge in [0.05, 0.1) is 38.1 Å². The van der Waals surface area contributed by atoms with Crippen molar-refractivity contribution in [2.45, 2.75) is 161 Å². The van der Waals surface area contributed by atoms with E-state index in [9.17, 15) is 15.7 Å². The molecule has 1 aliphatic heterocycles. The molecule has 1 fully saturated rings. The molecule has 0 radical (unpaired) electrons. The second kappa shape index (κ2) is 21.9. The molecule has 12 nitrogen and oxygen atoms in total. The fraction of sp³-hybridized carbons (Fsp3) is 1.00. The van der Waals surface area contributed by atoms with Gasteiger partial charge < -0.3 is 43.1 Å². The standard InChI is InChI=1S/C31H63N3O9Si/c1-10-13-17-37-23(4)28(38-18-14-11-2)25(22-41-44(8,9)31(5,6)7)43-26(21-35)42-24-16-20-40-30(36)27(33-34-32)29(24)39-19-15-12-3/h23-30,35-36H,10-22H2,1-9H3/t23-,24+,25?,26?,27?,28-,29?,30-/m0/s1. The Morgan fingerprint density at radius 1 is 1.02 bits per heavy atom. The zero-order chi connectivity index (χ0) is 33.2. The highest BCUT2D eigenvalue weighted by molar-refractivity contribution is 6.74. The van der Waals surface area contributed by atoms with Gasteiger partial charge in [-0.1, -0.05) is 65.9 Å². The average molecular weight is 650 g/mol. The monoisotopic (exact) mass is 649 g/mol. The number of aliphatic hydroxyl groups is 2. The van der Waals surface area contributed by atoms with Crippen LogP contribution in [0.2, 0.25) is 18.1 Å². The number of hydrogen-bond acceptors (Lipinski definition) is 10. The third-order valence-electron chi connectivity index (χ3n) is 8.41. The Hall–Kier alpha value is -0.833. The summed E-state index contributed by atoms with van der Waals surface area (Å²) in [5, 5.41) is 24.8. The van der Waals surface area contributed by atoms with Crippen LogP contribution in [0.25, 0.3) is 10.4 Å². The second-order valence-electron chi connectivity index (χ2n) is 13.1. The van der Waals surface area contributed by atoms with E-state index >= 15 is 0 Å². The molecule has 0 aromatic rings. The van der Waals surface area contributed by atoms with Crippen molar-refractivity contribution in [2.75, 3.05) is 39.6 Å². The minimum atomic E-state index is -2.17. The van der Waals surface area contributed by atoms with Crippen molar-refractivity contribution >= 4 is 8.32 Å². The Kier molecular flexibility index (Phi) is 20.5. The molecule has 0 bridgehead atoms. The summed E-state index contributed by atoms with van der Waals surface area (Å²) in [6.45, 7) is 20.6. The van der Waals surface area contributed by atoms with Crippen LogP contribution in [-0.2, 0) is 32.8 Å². The van der Waals surface area contributed by atoms with Crippen molar-refractivity contribution < 1.29 is 43.1 Å². The van der Waals surface area contributed by atoms with Gasteiger partial charge in [0, 0.05) is 24.7 Å². The smallest absolute Gasteiger partial charge is 0.192 e. The third-order valence-corrected chi connectivity index (χ3v) is 12.9. The summed E-state index contributed by atoms with van der Waals surface area (Å²) in [5.74, 6) is 0. The van der Waals surface area contributed by atoms with Gasteiger partial charge in [0.2, 0.25) is 0 Å². The van der Waals surface area contributed by atoms with Gasteiger partial charge >= 0.3 is 0 Å². The number of unbranched alkanes of at least 4 members (excludes halogenated alkanes) is 3. The number of nitrogens with zero attached hydrogens (tertiary/aromatic N) is 3. The zero-order valence-corrected chi connectivity index (χ0v) is 29.9. The summed E-state index contributed by atoms with van der Waals surface area (Å²) >= 11 is 0. The maximum Gasteiger partial charge on any atom is 0.192 e. The predicted molar refractivity (Wildman–Crippen MR) is 173 cm³/mol. The van der Waals surface area contributed by atoms with E-state index in [1.54, 1.807) is 0 Å². The van der Waals surface area contributed by atoms with E-state index in [1.165, 1.54) is 0 Å². The quantitative estimate of drug-likeness (QED) is 0.0334. The van der Waals surface area contributed by atoms with Crippen LogP contribution in [0.1, 0.15) is 93.4 Å². The number of hydrogen-bond donors (Lipinski definition) is 2. The van der Waals surface area contributed by atoms with Gasteiger partial charge in [-0.25, -0.2) is 0 Å². The van der Waals surface area contributed by atoms with Crippen LogP contribution >= 0.6 is 0 Å². The van der Waals surface area contributed by atoms with Crippen LogP contribution in [0.3, 0.4) is 0 Å². The number of rotatable bonds is 23. The molecule has 1 heterocycles. The molecule has 13 heteroatoms. The van der Waals surface area contributed by atoms with E-state index in [0.29, 0.717) is 26.2 Å². The highest BCUT2D eigenvalue weighted by Gasteiger charge is 2.42. The molecule has 0 saturated carbocycles. The van der Waals surface area contributed by atoms with Crippen molar-refractivity contribution in [3.05, 3.63) is 10.4 Å². The first-order chi connectivity index (χ1) is 20.9. The molecule has 0 spiro atoms. The lowest BCUT2D eigenvalue weighted by Crippen LogP contribution is -2.51. The molecule has 1 rings (SSSR count). The average Bonchev–Trinajstić information content (AvgIpc) is 3.10. The fourth-order valence-electron chi connectivity index (χ4n) is 4.49. The van der Waals surface area contributed by atoms with Gasteiger partial charge in [-0.3, -0.25) is 0 Å². The van der Waals surface area contributed by atoms with E-state index in [1.807, 2.05) is 13.8 Å². The topological polar surface area (TPSA) is 154 Å². The van der Waals surface area contributed by atoms with Gasteiger partial charge in [-0.05, 0) is 56.3 Å². The van der Waals surface area contributed by atoms with E-state index in [-0.39, 0.29) is 24.4 Å². The Morgan fingerprint density at radius 2 is 1.64 bits per heavy atom. The Bertz CT molecular complexity index is 798. The molecule has 0 aromatic carbocycles. The molecule has 4 unspecified atom stereocenters. The Morgan fingerprint density at radius 3 is 2.20 bits per heavy atom. The van der Waals surface area contributed by atoms with Gasteiger partial charge in [0.25, 0.3) is 0 Å². The molecular formula is C31H63N3O9Si. The van der Waals surface area contributed by atoms with E-state index in [2.05, 4.69) is 57.7 Å². The lowest BCUT2D eigenvalue weighted by atomic mass is 10.0. The third kappa shape index (κ3) is 14.3. The molecular weight excluding hydrogens is 586 g/mol. The SMILES string of the molecule is CCCCOC1C(N=[N+]=[N-])[C@@H](O)OCC[C@H]1OC(CO)OC(CO[Si](C)(C)C(C)(C)C)[C@@H](OCCCC)[C@H](C)OCCCC. The van der Waals surface area contributed by atoms with Crippen molar-refractivity contribution in [3.8, 4) is 0 Å². The van der Waals surface area contributed by atoms with Crippen LogP contribution in [0.15, 0.2) is 5.11 Å². The first kappa shape index (κ1) is 41.2. The van der Waals surface area contributed by atoms with E-state index in [0.717, 1.165) is 38.5 Å². The first-order valence-corrected chi connectivity index (χ1v) is 19.5. The summed E-state index contributed by atoms with van der Waals surface area (Å²) in [5.41, 5.74) is 9.21. The fourth-order valence-corrected chi connectivity index (χ4v) is 5.51. The van der Waals surface area contributed by atoms with Crippen molar-refractivity contribution in [2.24, 2.45) is 5.11 Å². The normalized spacial score (nSPS) is 24.2. The van der Waals surface area contributed by atoms with Crippen molar-refractivity contribution in [1.29, 1.82) is 0 Å². The maximum absolute atomic E-state index is 10.6. The number of azide groups is 1. The molecule has 8 atom stereocenters. The largest absolute Gasteiger partial charge is 0.414 e. The lowest BCUT2D eigenvalue weighted by molar-refractivity contribution is -0.258. The Labute approximate surface area is 267 Å². The van der Waals surface area contributed by atoms with Gasteiger partial charge in [0.1, 0.15) is 18.2 Å². The first-order valence-electron chi connectivity index (χ1n) is 16.6. The van der Waals surface area contributed by atoms with Crippen molar-refractivity contribution in [1.82, 2.24) is 0 Å². The van der Waals surface area contributed by atoms with Gasteiger partial charge in [-0.15, -0.1) is 0 Å². The predicted octanol–water partition coefficient (Wildman–Crippen LogP) is 6.09. The van der Waals surface area contributed by atoms with Crippen LogP contribution in [0.5, 0.6) is 0 Å². The molecule has 0 aliphatic carbocycles. The highest BCUT2D eigenvalue weighted by Crippen LogP contribution is 2.37. The van der Waals surface area contributed by atoms with E-state index < -0.39 is 58.0 Å². The minimum Gasteiger partial charge on any atom is -0.414 e. The molecule has 0 amide bonds. The molecule has 1 saturated heterocycles. The Balaban J connectivity index is 3.35. The van der Waals surface area contributed by atoms with Crippen LogP contribution in [0.4, 0.5) is 0 Å². The highest BCUT2D eigenvalue weighted by atomic mass is 28.4. The molecule has 44 heavy (non-hydrogen) atoms. The summed E-state index contributed by atoms with van der Waals surface area (Å²) in [7, 11) is -2.17. The molecule has 1 aliphatic rings. The summed E-state index contributed by atoms with van der Waals surface area (Å²) < 4.78 is 43.7.